The molecule has 0 fully saturated rings. The largest absolute Gasteiger partial charge is 0.395 e. The van der Waals surface area contributed by atoms with Gasteiger partial charge in [-0.05, 0) is 11.6 Å². The van der Waals surface area contributed by atoms with Gasteiger partial charge in [-0.3, -0.25) is 0 Å². The minimum Gasteiger partial charge on any atom is -0.395 e. The van der Waals surface area contributed by atoms with E-state index in [1.807, 2.05) is 37.4 Å². The Morgan fingerprint density at radius 2 is 1.59 bits per heavy atom. The number of aliphatic hydroxyl groups excluding tert-OH is 1. The lowest BCUT2D eigenvalue weighted by Gasteiger charge is -2.21. The van der Waals surface area contributed by atoms with E-state index in [0.717, 1.165) is 5.69 Å². The number of likely N-dealkylation sites (N-methyl/N-ethyl adjacent to an activating group) is 1. The number of hydrogen-bond acceptors (Lipinski definition) is 2. The second-order valence-corrected chi connectivity index (χ2v) is 4.03. The molecule has 0 aliphatic rings. The van der Waals surface area contributed by atoms with Crippen LogP contribution in [-0.2, 0) is 0 Å². The number of anilines is 1. The van der Waals surface area contributed by atoms with Crippen molar-refractivity contribution in [3.05, 3.63) is 54.6 Å². The molecule has 17 heavy (non-hydrogen) atoms. The minimum atomic E-state index is 0.166. The van der Waals surface area contributed by atoms with E-state index in [9.17, 15) is 0 Å². The molecule has 0 aromatic heterocycles. The van der Waals surface area contributed by atoms with Gasteiger partial charge in [0.15, 0.2) is 0 Å². The topological polar surface area (TPSA) is 23.5 Å². The van der Waals surface area contributed by atoms with Crippen molar-refractivity contribution in [2.45, 2.75) is 0 Å². The molecule has 2 heteroatoms. The third kappa shape index (κ3) is 2.66. The van der Waals surface area contributed by atoms with Crippen LogP contribution in [0.5, 0.6) is 0 Å². The molecule has 0 amide bonds. The third-order valence-electron chi connectivity index (χ3n) is 2.84. The van der Waals surface area contributed by atoms with Crippen LogP contribution in [0.25, 0.3) is 11.1 Å². The molecule has 0 bridgehead atoms. The number of rotatable bonds is 4. The maximum atomic E-state index is 9.02. The summed E-state index contributed by atoms with van der Waals surface area (Å²) in [6.45, 7) is 0.809. The predicted octanol–water partition coefficient (Wildman–Crippen LogP) is 2.78. The summed E-state index contributed by atoms with van der Waals surface area (Å²) >= 11 is 0. The van der Waals surface area contributed by atoms with Gasteiger partial charge < -0.3 is 10.0 Å². The highest BCUT2D eigenvalue weighted by Crippen LogP contribution is 2.29. The van der Waals surface area contributed by atoms with E-state index in [-0.39, 0.29) is 6.61 Å². The highest BCUT2D eigenvalue weighted by Gasteiger charge is 2.07. The zero-order valence-electron chi connectivity index (χ0n) is 10.0. The van der Waals surface area contributed by atoms with Crippen molar-refractivity contribution in [1.82, 2.24) is 0 Å². The van der Waals surface area contributed by atoms with E-state index in [1.54, 1.807) is 0 Å². The molecule has 2 aromatic rings. The van der Waals surface area contributed by atoms with Gasteiger partial charge in [-0.2, -0.15) is 0 Å². The van der Waals surface area contributed by atoms with Gasteiger partial charge >= 0.3 is 0 Å². The number of aliphatic hydroxyl groups is 1. The van der Waals surface area contributed by atoms with Crippen molar-refractivity contribution in [2.24, 2.45) is 0 Å². The molecule has 0 atom stereocenters. The Labute approximate surface area is 102 Å². The minimum absolute atomic E-state index is 0.166. The first-order chi connectivity index (χ1) is 8.33. The molecule has 88 valence electrons. The molecule has 0 heterocycles. The lowest BCUT2D eigenvalue weighted by Crippen LogP contribution is -2.21. The molecular formula is C15H17NO. The van der Waals surface area contributed by atoms with Gasteiger partial charge in [-0.25, -0.2) is 0 Å². The Kier molecular flexibility index (Phi) is 3.78. The Morgan fingerprint density at radius 1 is 0.941 bits per heavy atom. The Hall–Kier alpha value is -1.80. The fourth-order valence-corrected chi connectivity index (χ4v) is 1.94. The molecule has 2 aromatic carbocycles. The van der Waals surface area contributed by atoms with Crippen LogP contribution in [0, 0.1) is 0 Å². The van der Waals surface area contributed by atoms with Gasteiger partial charge in [0.25, 0.3) is 0 Å². The van der Waals surface area contributed by atoms with E-state index in [4.69, 9.17) is 5.11 Å². The summed E-state index contributed by atoms with van der Waals surface area (Å²) in [5, 5.41) is 9.02. The average molecular weight is 227 g/mol. The summed E-state index contributed by atoms with van der Waals surface area (Å²) in [5.74, 6) is 0. The van der Waals surface area contributed by atoms with Crippen molar-refractivity contribution in [3.63, 3.8) is 0 Å². The van der Waals surface area contributed by atoms with Crippen molar-refractivity contribution in [1.29, 1.82) is 0 Å². The SMILES string of the molecule is CN(CCO)c1ccccc1-c1ccccc1. The van der Waals surface area contributed by atoms with Crippen LogP contribution in [-0.4, -0.2) is 25.3 Å². The van der Waals surface area contributed by atoms with Crippen molar-refractivity contribution in [3.8, 4) is 11.1 Å². The zero-order valence-corrected chi connectivity index (χ0v) is 10.0. The van der Waals surface area contributed by atoms with Gasteiger partial charge in [-0.1, -0.05) is 48.5 Å². The monoisotopic (exact) mass is 227 g/mol. The Balaban J connectivity index is 2.41. The summed E-state index contributed by atoms with van der Waals surface area (Å²) in [6, 6.07) is 18.6. The molecule has 0 aliphatic heterocycles. The van der Waals surface area contributed by atoms with Gasteiger partial charge in [0.1, 0.15) is 0 Å². The summed E-state index contributed by atoms with van der Waals surface area (Å²) in [5.41, 5.74) is 3.55. The van der Waals surface area contributed by atoms with E-state index in [2.05, 4.69) is 29.2 Å². The number of para-hydroxylation sites is 1. The second-order valence-electron chi connectivity index (χ2n) is 4.03. The van der Waals surface area contributed by atoms with Crippen molar-refractivity contribution >= 4 is 5.69 Å². The molecule has 0 saturated carbocycles. The second kappa shape index (κ2) is 5.51. The highest BCUT2D eigenvalue weighted by atomic mass is 16.3. The maximum Gasteiger partial charge on any atom is 0.0606 e. The van der Waals surface area contributed by atoms with Crippen molar-refractivity contribution in [2.75, 3.05) is 25.1 Å². The van der Waals surface area contributed by atoms with Crippen LogP contribution in [0.2, 0.25) is 0 Å². The van der Waals surface area contributed by atoms with Crippen LogP contribution < -0.4 is 4.90 Å². The standard InChI is InChI=1S/C15H17NO/c1-16(11-12-17)15-10-6-5-9-14(15)13-7-3-2-4-8-13/h2-10,17H,11-12H2,1H3. The molecule has 0 aliphatic carbocycles. The molecule has 0 saturated heterocycles. The Morgan fingerprint density at radius 3 is 2.29 bits per heavy atom. The normalized spacial score (nSPS) is 10.2. The Bertz CT molecular complexity index is 467. The fraction of sp³-hybridized carbons (Fsp3) is 0.200. The van der Waals surface area contributed by atoms with Crippen LogP contribution in [0.3, 0.4) is 0 Å². The number of nitrogens with zero attached hydrogens (tertiary/aromatic N) is 1. The fourth-order valence-electron chi connectivity index (χ4n) is 1.94. The molecule has 2 nitrogen and oxygen atoms in total. The predicted molar refractivity (Wildman–Crippen MR) is 72.2 cm³/mol. The summed E-state index contributed by atoms with van der Waals surface area (Å²) in [6.07, 6.45) is 0. The van der Waals surface area contributed by atoms with E-state index < -0.39 is 0 Å². The van der Waals surface area contributed by atoms with Crippen molar-refractivity contribution < 1.29 is 5.11 Å². The van der Waals surface area contributed by atoms with Crippen LogP contribution in [0.15, 0.2) is 54.6 Å². The molecule has 0 radical (unpaired) electrons. The van der Waals surface area contributed by atoms with Crippen LogP contribution in [0.1, 0.15) is 0 Å². The zero-order chi connectivity index (χ0) is 12.1. The lowest BCUT2D eigenvalue weighted by atomic mass is 10.0. The molecular weight excluding hydrogens is 210 g/mol. The number of benzene rings is 2. The first-order valence-corrected chi connectivity index (χ1v) is 5.79. The molecule has 0 unspecified atom stereocenters. The van der Waals surface area contributed by atoms with E-state index >= 15 is 0 Å². The van der Waals surface area contributed by atoms with Gasteiger partial charge in [0.05, 0.1) is 6.61 Å². The lowest BCUT2D eigenvalue weighted by molar-refractivity contribution is 0.304. The highest BCUT2D eigenvalue weighted by molar-refractivity contribution is 5.78. The van der Waals surface area contributed by atoms with Gasteiger partial charge in [0, 0.05) is 24.8 Å². The molecule has 2 rings (SSSR count). The molecule has 0 spiro atoms. The van der Waals surface area contributed by atoms with Crippen LogP contribution >= 0.6 is 0 Å². The van der Waals surface area contributed by atoms with E-state index in [1.165, 1.54) is 11.1 Å². The quantitative estimate of drug-likeness (QED) is 0.868. The van der Waals surface area contributed by atoms with E-state index in [0.29, 0.717) is 6.54 Å². The summed E-state index contributed by atoms with van der Waals surface area (Å²) < 4.78 is 0. The van der Waals surface area contributed by atoms with Gasteiger partial charge in [-0.15, -0.1) is 0 Å². The average Bonchev–Trinajstić information content (AvgIpc) is 2.40. The first-order valence-electron chi connectivity index (χ1n) is 5.79. The smallest absolute Gasteiger partial charge is 0.0606 e. The maximum absolute atomic E-state index is 9.02. The third-order valence-corrected chi connectivity index (χ3v) is 2.84. The van der Waals surface area contributed by atoms with Crippen LogP contribution in [0.4, 0.5) is 5.69 Å². The summed E-state index contributed by atoms with van der Waals surface area (Å²) in [7, 11) is 2.00. The van der Waals surface area contributed by atoms with Gasteiger partial charge in [0.2, 0.25) is 0 Å². The molecule has 1 N–H and O–H groups in total. The first kappa shape index (κ1) is 11.7. The number of hydrogen-bond donors (Lipinski definition) is 1. The summed E-state index contributed by atoms with van der Waals surface area (Å²) in [4.78, 5) is 2.07.